The van der Waals surface area contributed by atoms with Crippen molar-refractivity contribution >= 4 is 5.91 Å². The number of amides is 1. The number of carbonyl (C=O) groups is 1. The Bertz CT molecular complexity index is 655. The van der Waals surface area contributed by atoms with E-state index in [1.165, 1.54) is 5.56 Å². The molecule has 2 aliphatic rings. The second-order valence-corrected chi connectivity index (χ2v) is 6.23. The Morgan fingerprint density at radius 1 is 1.19 bits per heavy atom. The van der Waals surface area contributed by atoms with Gasteiger partial charge in [0.1, 0.15) is 0 Å². The quantitative estimate of drug-likeness (QED) is 0.934. The molecule has 1 heterocycles. The molecule has 2 aromatic rings. The van der Waals surface area contributed by atoms with Gasteiger partial charge in [0.15, 0.2) is 0 Å². The van der Waals surface area contributed by atoms with Crippen LogP contribution in [0, 0.1) is 11.3 Å². The zero-order valence-corrected chi connectivity index (χ0v) is 11.8. The number of pyridine rings is 1. The van der Waals surface area contributed by atoms with Gasteiger partial charge >= 0.3 is 0 Å². The van der Waals surface area contributed by atoms with Crippen molar-refractivity contribution < 1.29 is 4.79 Å². The summed E-state index contributed by atoms with van der Waals surface area (Å²) in [5.74, 6) is 1.35. The molecule has 4 rings (SSSR count). The molecule has 2 fully saturated rings. The minimum Gasteiger partial charge on any atom is -0.351 e. The van der Waals surface area contributed by atoms with Crippen LogP contribution >= 0.6 is 0 Å². The number of nitrogens with zero attached hydrogens (tertiary/aromatic N) is 1. The van der Waals surface area contributed by atoms with Crippen LogP contribution in [0.25, 0.3) is 0 Å². The van der Waals surface area contributed by atoms with Crippen molar-refractivity contribution in [3.8, 4) is 0 Å². The lowest BCUT2D eigenvalue weighted by atomic mass is 9.71. The molecule has 3 heteroatoms. The van der Waals surface area contributed by atoms with Crippen LogP contribution < -0.4 is 5.32 Å². The molecule has 21 heavy (non-hydrogen) atoms. The van der Waals surface area contributed by atoms with Gasteiger partial charge in [-0.15, -0.1) is 0 Å². The van der Waals surface area contributed by atoms with Gasteiger partial charge in [-0.1, -0.05) is 36.4 Å². The molecule has 2 saturated carbocycles. The number of carbonyl (C=O) groups excluding carboxylic acids is 1. The van der Waals surface area contributed by atoms with Crippen LogP contribution in [0.2, 0.25) is 0 Å². The molecule has 2 aliphatic carbocycles. The van der Waals surface area contributed by atoms with Crippen molar-refractivity contribution in [1.29, 1.82) is 0 Å². The van der Waals surface area contributed by atoms with Crippen molar-refractivity contribution in [2.24, 2.45) is 11.3 Å². The lowest BCUT2D eigenvalue weighted by Gasteiger charge is -2.34. The second-order valence-electron chi connectivity index (χ2n) is 6.23. The Labute approximate surface area is 124 Å². The lowest BCUT2D eigenvalue weighted by molar-refractivity contribution is -0.129. The summed E-state index contributed by atoms with van der Waals surface area (Å²) in [4.78, 5) is 16.5. The fourth-order valence-corrected chi connectivity index (χ4v) is 3.74. The number of rotatable bonds is 4. The Balaban J connectivity index is 1.36. The zero-order valence-electron chi connectivity index (χ0n) is 11.8. The van der Waals surface area contributed by atoms with E-state index in [9.17, 15) is 4.79 Å². The summed E-state index contributed by atoms with van der Waals surface area (Å²) in [6, 6.07) is 14.5. The molecular weight excluding hydrogens is 260 g/mol. The van der Waals surface area contributed by atoms with Crippen LogP contribution in [0.15, 0.2) is 54.9 Å². The highest BCUT2D eigenvalue weighted by molar-refractivity contribution is 5.88. The molecule has 0 bridgehead atoms. The summed E-state index contributed by atoms with van der Waals surface area (Å²) in [6.07, 6.45) is 5.60. The summed E-state index contributed by atoms with van der Waals surface area (Å²) in [6.45, 7) is 0.581. The molecule has 0 saturated heterocycles. The minimum atomic E-state index is -0.0667. The van der Waals surface area contributed by atoms with Crippen LogP contribution in [0.3, 0.4) is 0 Å². The summed E-state index contributed by atoms with van der Waals surface area (Å²) >= 11 is 0. The van der Waals surface area contributed by atoms with Crippen molar-refractivity contribution in [2.45, 2.75) is 25.3 Å². The smallest absolute Gasteiger partial charge is 0.226 e. The van der Waals surface area contributed by atoms with E-state index in [0.29, 0.717) is 18.4 Å². The predicted molar refractivity (Wildman–Crippen MR) is 80.4 cm³/mol. The first-order valence-electron chi connectivity index (χ1n) is 7.52. The second kappa shape index (κ2) is 4.69. The highest BCUT2D eigenvalue weighted by Gasteiger charge is 2.71. The molecule has 0 radical (unpaired) electrons. The molecular formula is C18H18N2O. The molecule has 0 aliphatic heterocycles. The van der Waals surface area contributed by atoms with Gasteiger partial charge in [0.25, 0.3) is 0 Å². The fraction of sp³-hybridized carbons (Fsp3) is 0.333. The Morgan fingerprint density at radius 2 is 2.05 bits per heavy atom. The Morgan fingerprint density at radius 3 is 2.76 bits per heavy atom. The molecule has 3 nitrogen and oxygen atoms in total. The van der Waals surface area contributed by atoms with Gasteiger partial charge in [-0.3, -0.25) is 9.78 Å². The largest absolute Gasteiger partial charge is 0.351 e. The normalized spacial score (nSPS) is 29.1. The molecule has 1 amide bonds. The predicted octanol–water partition coefficient (Wildman–Crippen LogP) is 2.89. The van der Waals surface area contributed by atoms with Gasteiger partial charge < -0.3 is 5.32 Å². The molecule has 3 atom stereocenters. The van der Waals surface area contributed by atoms with Crippen LogP contribution in [0.5, 0.6) is 0 Å². The van der Waals surface area contributed by atoms with Crippen LogP contribution in [0.4, 0.5) is 0 Å². The van der Waals surface area contributed by atoms with E-state index in [1.807, 2.05) is 18.2 Å². The summed E-state index contributed by atoms with van der Waals surface area (Å²) in [5, 5.41) is 3.08. The average Bonchev–Trinajstić information content (AvgIpc) is 3.12. The molecule has 1 N–H and O–H groups in total. The maximum absolute atomic E-state index is 12.4. The lowest BCUT2D eigenvalue weighted by Crippen LogP contribution is -2.39. The summed E-state index contributed by atoms with van der Waals surface area (Å²) < 4.78 is 0. The van der Waals surface area contributed by atoms with E-state index in [-0.39, 0.29) is 11.3 Å². The Kier molecular flexibility index (Phi) is 2.81. The topological polar surface area (TPSA) is 42.0 Å². The number of benzene rings is 1. The van der Waals surface area contributed by atoms with Gasteiger partial charge in [-0.25, -0.2) is 0 Å². The summed E-state index contributed by atoms with van der Waals surface area (Å²) in [5.41, 5.74) is 2.37. The molecule has 0 unspecified atom stereocenters. The third kappa shape index (κ3) is 2.04. The first-order valence-corrected chi connectivity index (χ1v) is 7.52. The Hall–Kier alpha value is -2.16. The van der Waals surface area contributed by atoms with Crippen molar-refractivity contribution in [2.75, 3.05) is 0 Å². The van der Waals surface area contributed by atoms with Gasteiger partial charge in [0, 0.05) is 18.9 Å². The van der Waals surface area contributed by atoms with E-state index in [2.05, 4.69) is 34.6 Å². The standard InChI is InChI=1S/C18H18N2O/c21-17(20-12-13-5-4-8-19-11-13)18-9-15(16(18)10-18)14-6-2-1-3-7-14/h1-8,11,15-16H,9-10,12H2,(H,20,21)/t15-,16+,18-/m1/s1. The number of fused-ring (bicyclic) bond motifs is 1. The van der Waals surface area contributed by atoms with E-state index in [4.69, 9.17) is 0 Å². The van der Waals surface area contributed by atoms with Gasteiger partial charge in [-0.2, -0.15) is 0 Å². The molecule has 1 aromatic heterocycles. The van der Waals surface area contributed by atoms with E-state index in [1.54, 1.807) is 12.4 Å². The molecule has 106 valence electrons. The number of hydrogen-bond donors (Lipinski definition) is 1. The van der Waals surface area contributed by atoms with E-state index >= 15 is 0 Å². The summed E-state index contributed by atoms with van der Waals surface area (Å²) in [7, 11) is 0. The van der Waals surface area contributed by atoms with E-state index in [0.717, 1.165) is 18.4 Å². The monoisotopic (exact) mass is 278 g/mol. The zero-order chi connectivity index (χ0) is 14.3. The van der Waals surface area contributed by atoms with Gasteiger partial charge in [0.2, 0.25) is 5.91 Å². The molecule has 1 aromatic carbocycles. The van der Waals surface area contributed by atoms with Crippen molar-refractivity contribution in [3.05, 3.63) is 66.0 Å². The maximum Gasteiger partial charge on any atom is 0.226 e. The van der Waals surface area contributed by atoms with E-state index < -0.39 is 0 Å². The molecule has 0 spiro atoms. The fourth-order valence-electron chi connectivity index (χ4n) is 3.74. The third-order valence-corrected chi connectivity index (χ3v) is 5.06. The van der Waals surface area contributed by atoms with Crippen LogP contribution in [-0.2, 0) is 11.3 Å². The number of aromatic nitrogens is 1. The SMILES string of the molecule is O=C(NCc1cccnc1)[C@@]12C[C@H](c3ccccc3)[C@@H]1C2. The van der Waals surface area contributed by atoms with Crippen LogP contribution in [0.1, 0.15) is 29.9 Å². The highest BCUT2D eigenvalue weighted by Crippen LogP contribution is 2.74. The van der Waals surface area contributed by atoms with Crippen molar-refractivity contribution in [3.63, 3.8) is 0 Å². The van der Waals surface area contributed by atoms with Crippen molar-refractivity contribution in [1.82, 2.24) is 10.3 Å². The third-order valence-electron chi connectivity index (χ3n) is 5.06. The average molecular weight is 278 g/mol. The number of nitrogens with one attached hydrogen (secondary N) is 1. The van der Waals surface area contributed by atoms with Gasteiger partial charge in [-0.05, 0) is 41.9 Å². The van der Waals surface area contributed by atoms with Gasteiger partial charge in [0.05, 0.1) is 5.41 Å². The minimum absolute atomic E-state index is 0.0667. The number of hydrogen-bond acceptors (Lipinski definition) is 2. The first-order chi connectivity index (χ1) is 10.3. The highest BCUT2D eigenvalue weighted by atomic mass is 16.2. The first kappa shape index (κ1) is 12.6. The van der Waals surface area contributed by atoms with Crippen LogP contribution in [-0.4, -0.2) is 10.9 Å². The maximum atomic E-state index is 12.4.